The number of halogens is 3. The summed E-state index contributed by atoms with van der Waals surface area (Å²) in [5.74, 6) is 0.943. The van der Waals surface area contributed by atoms with E-state index in [-0.39, 0.29) is 9.92 Å². The summed E-state index contributed by atoms with van der Waals surface area (Å²) in [7, 11) is -3.53. The van der Waals surface area contributed by atoms with Gasteiger partial charge < -0.3 is 0 Å². The Morgan fingerprint density at radius 3 is 2.55 bits per heavy atom. The molecule has 3 nitrogen and oxygen atoms in total. The first-order valence-electron chi connectivity index (χ1n) is 6.44. The molecule has 2 atom stereocenters. The van der Waals surface area contributed by atoms with Gasteiger partial charge in [0.05, 0.1) is 14.9 Å². The monoisotopic (exact) mass is 399 g/mol. The Balaban J connectivity index is 2.05. The van der Waals surface area contributed by atoms with Crippen molar-refractivity contribution in [2.24, 2.45) is 11.8 Å². The van der Waals surface area contributed by atoms with E-state index in [4.69, 9.17) is 23.2 Å². The highest BCUT2D eigenvalue weighted by Gasteiger charge is 2.27. The van der Waals surface area contributed by atoms with E-state index in [1.54, 1.807) is 0 Å². The SMILES string of the molecule is O=S(=O)(NCC1CCCC1CBr)c1ccc(Cl)c(Cl)c1. The van der Waals surface area contributed by atoms with Gasteiger partial charge in [-0.2, -0.15) is 0 Å². The van der Waals surface area contributed by atoms with Crippen LogP contribution in [0.5, 0.6) is 0 Å². The standard InChI is InChI=1S/C13H16BrCl2NO2S/c14-7-9-2-1-3-10(9)8-17-20(18,19)11-4-5-12(15)13(16)6-11/h4-6,9-10,17H,1-3,7-8H2. The first-order valence-corrected chi connectivity index (χ1v) is 9.81. The zero-order chi connectivity index (χ0) is 14.8. The van der Waals surface area contributed by atoms with Gasteiger partial charge in [-0.15, -0.1) is 0 Å². The molecule has 2 unspecified atom stereocenters. The van der Waals surface area contributed by atoms with Crippen molar-refractivity contribution in [2.45, 2.75) is 24.2 Å². The van der Waals surface area contributed by atoms with Crippen LogP contribution < -0.4 is 4.72 Å². The molecule has 0 saturated heterocycles. The van der Waals surface area contributed by atoms with Gasteiger partial charge in [-0.1, -0.05) is 45.6 Å². The van der Waals surface area contributed by atoms with Crippen LogP contribution in [0.3, 0.4) is 0 Å². The van der Waals surface area contributed by atoms with Crippen LogP contribution in [0.2, 0.25) is 10.0 Å². The molecule has 2 rings (SSSR count). The van der Waals surface area contributed by atoms with E-state index in [9.17, 15) is 8.42 Å². The van der Waals surface area contributed by atoms with Crippen molar-refractivity contribution in [2.75, 3.05) is 11.9 Å². The smallest absolute Gasteiger partial charge is 0.211 e. The molecule has 0 aliphatic heterocycles. The second-order valence-electron chi connectivity index (χ2n) is 5.03. The summed E-state index contributed by atoms with van der Waals surface area (Å²) in [6.07, 6.45) is 3.39. The summed E-state index contributed by atoms with van der Waals surface area (Å²) in [5.41, 5.74) is 0. The molecule has 0 amide bonds. The van der Waals surface area contributed by atoms with Crippen LogP contribution in [0.1, 0.15) is 19.3 Å². The molecule has 1 saturated carbocycles. The van der Waals surface area contributed by atoms with Crippen LogP contribution in [0.15, 0.2) is 23.1 Å². The number of sulfonamides is 1. The van der Waals surface area contributed by atoms with Gasteiger partial charge in [0.25, 0.3) is 0 Å². The molecule has 1 aliphatic carbocycles. The van der Waals surface area contributed by atoms with Crippen LogP contribution in [-0.2, 0) is 10.0 Å². The Labute approximate surface area is 138 Å². The predicted molar refractivity (Wildman–Crippen MR) is 86.3 cm³/mol. The van der Waals surface area contributed by atoms with Crippen molar-refractivity contribution in [3.63, 3.8) is 0 Å². The lowest BCUT2D eigenvalue weighted by Crippen LogP contribution is -2.31. The summed E-state index contributed by atoms with van der Waals surface area (Å²) < 4.78 is 27.1. The van der Waals surface area contributed by atoms with Crippen molar-refractivity contribution in [1.29, 1.82) is 0 Å². The largest absolute Gasteiger partial charge is 0.240 e. The van der Waals surface area contributed by atoms with Gasteiger partial charge in [0.15, 0.2) is 0 Å². The Kier molecular flexibility index (Phi) is 5.77. The van der Waals surface area contributed by atoms with E-state index in [1.807, 2.05) is 0 Å². The third-order valence-electron chi connectivity index (χ3n) is 3.75. The molecule has 1 N–H and O–H groups in total. The second kappa shape index (κ2) is 6.97. The number of hydrogen-bond donors (Lipinski definition) is 1. The lowest BCUT2D eigenvalue weighted by atomic mass is 9.99. The maximum absolute atomic E-state index is 12.2. The van der Waals surface area contributed by atoms with E-state index in [0.29, 0.717) is 23.4 Å². The van der Waals surface area contributed by atoms with Crippen molar-refractivity contribution in [3.8, 4) is 0 Å². The Bertz CT molecular complexity index is 580. The van der Waals surface area contributed by atoms with Crippen LogP contribution in [-0.4, -0.2) is 20.3 Å². The first-order chi connectivity index (χ1) is 9.44. The molecule has 0 bridgehead atoms. The minimum Gasteiger partial charge on any atom is -0.211 e. The molecule has 1 aliphatic rings. The Morgan fingerprint density at radius 1 is 1.20 bits per heavy atom. The summed E-state index contributed by atoms with van der Waals surface area (Å²) in [5, 5.41) is 1.51. The number of benzene rings is 1. The Morgan fingerprint density at radius 2 is 1.90 bits per heavy atom. The van der Waals surface area contributed by atoms with Crippen molar-refractivity contribution >= 4 is 49.2 Å². The second-order valence-corrected chi connectivity index (χ2v) is 8.26. The summed E-state index contributed by atoms with van der Waals surface area (Å²) >= 11 is 15.1. The van der Waals surface area contributed by atoms with Gasteiger partial charge in [-0.05, 0) is 42.9 Å². The van der Waals surface area contributed by atoms with E-state index < -0.39 is 10.0 Å². The molecule has 0 radical (unpaired) electrons. The van der Waals surface area contributed by atoms with E-state index >= 15 is 0 Å². The average molecular weight is 401 g/mol. The minimum absolute atomic E-state index is 0.153. The molecule has 20 heavy (non-hydrogen) atoms. The van der Waals surface area contributed by atoms with Crippen LogP contribution >= 0.6 is 39.1 Å². The van der Waals surface area contributed by atoms with Gasteiger partial charge in [-0.25, -0.2) is 13.1 Å². The third-order valence-corrected chi connectivity index (χ3v) is 6.74. The summed E-state index contributed by atoms with van der Waals surface area (Å²) in [6, 6.07) is 4.34. The van der Waals surface area contributed by atoms with Gasteiger partial charge in [0.2, 0.25) is 10.0 Å². The van der Waals surface area contributed by atoms with E-state index in [1.165, 1.54) is 18.2 Å². The molecule has 112 valence electrons. The van der Waals surface area contributed by atoms with Crippen LogP contribution in [0.25, 0.3) is 0 Å². The van der Waals surface area contributed by atoms with Crippen LogP contribution in [0, 0.1) is 11.8 Å². The fourth-order valence-corrected chi connectivity index (χ4v) is 4.87. The highest BCUT2D eigenvalue weighted by molar-refractivity contribution is 9.09. The molecular formula is C13H16BrCl2NO2S. The summed E-state index contributed by atoms with van der Waals surface area (Å²) in [6.45, 7) is 0.471. The number of alkyl halides is 1. The molecular weight excluding hydrogens is 385 g/mol. The van der Waals surface area contributed by atoms with Gasteiger partial charge in [0, 0.05) is 11.9 Å². The number of rotatable bonds is 5. The topological polar surface area (TPSA) is 46.2 Å². The maximum Gasteiger partial charge on any atom is 0.240 e. The lowest BCUT2D eigenvalue weighted by Gasteiger charge is -2.18. The molecule has 1 fully saturated rings. The maximum atomic E-state index is 12.2. The molecule has 0 aromatic heterocycles. The molecule has 7 heteroatoms. The van der Waals surface area contributed by atoms with E-state index in [0.717, 1.165) is 24.6 Å². The zero-order valence-corrected chi connectivity index (χ0v) is 14.7. The first kappa shape index (κ1) is 16.6. The predicted octanol–water partition coefficient (Wildman–Crippen LogP) is 4.08. The fourth-order valence-electron chi connectivity index (χ4n) is 2.53. The summed E-state index contributed by atoms with van der Waals surface area (Å²) in [4.78, 5) is 0.153. The normalized spacial score (nSPS) is 23.1. The fraction of sp³-hybridized carbons (Fsp3) is 0.538. The quantitative estimate of drug-likeness (QED) is 0.756. The van der Waals surface area contributed by atoms with Crippen molar-refractivity contribution < 1.29 is 8.42 Å². The zero-order valence-electron chi connectivity index (χ0n) is 10.8. The van der Waals surface area contributed by atoms with Crippen molar-refractivity contribution in [1.82, 2.24) is 4.72 Å². The van der Waals surface area contributed by atoms with Crippen LogP contribution in [0.4, 0.5) is 0 Å². The van der Waals surface area contributed by atoms with Crippen molar-refractivity contribution in [3.05, 3.63) is 28.2 Å². The number of hydrogen-bond acceptors (Lipinski definition) is 2. The van der Waals surface area contributed by atoms with Gasteiger partial charge in [-0.3, -0.25) is 0 Å². The minimum atomic E-state index is -3.53. The highest BCUT2D eigenvalue weighted by atomic mass is 79.9. The lowest BCUT2D eigenvalue weighted by molar-refractivity contribution is 0.422. The molecule has 1 aromatic carbocycles. The van der Waals surface area contributed by atoms with E-state index in [2.05, 4.69) is 20.7 Å². The number of nitrogens with one attached hydrogen (secondary N) is 1. The van der Waals surface area contributed by atoms with Gasteiger partial charge in [0.1, 0.15) is 0 Å². The third kappa shape index (κ3) is 3.89. The van der Waals surface area contributed by atoms with Gasteiger partial charge >= 0.3 is 0 Å². The molecule has 0 heterocycles. The molecule has 0 spiro atoms. The Hall–Kier alpha value is 0.190. The average Bonchev–Trinajstić information content (AvgIpc) is 2.87. The molecule has 1 aromatic rings. The highest BCUT2D eigenvalue weighted by Crippen LogP contribution is 2.33.